The summed E-state index contributed by atoms with van der Waals surface area (Å²) in [4.78, 5) is 0. The van der Waals surface area contributed by atoms with Gasteiger partial charge < -0.3 is 9.73 Å². The van der Waals surface area contributed by atoms with E-state index in [1.807, 2.05) is 12.1 Å². The van der Waals surface area contributed by atoms with Gasteiger partial charge in [0.2, 0.25) is 0 Å². The lowest BCUT2D eigenvalue weighted by Gasteiger charge is -2.23. The second-order valence-electron chi connectivity index (χ2n) is 5.05. The van der Waals surface area contributed by atoms with Crippen LogP contribution in [-0.4, -0.2) is 6.04 Å². The van der Waals surface area contributed by atoms with Crippen molar-refractivity contribution < 1.29 is 4.42 Å². The highest BCUT2D eigenvalue weighted by molar-refractivity contribution is 9.10. The van der Waals surface area contributed by atoms with Crippen molar-refractivity contribution in [3.63, 3.8) is 0 Å². The molecule has 2 nitrogen and oxygen atoms in total. The average Bonchev–Trinajstić information content (AvgIpc) is 2.79. The number of nitrogens with one attached hydrogen (secondary N) is 1. The third-order valence-corrected chi connectivity index (χ3v) is 4.38. The van der Waals surface area contributed by atoms with E-state index >= 15 is 0 Å². The Bertz CT molecular complexity index is 349. The monoisotopic (exact) mass is 285 g/mol. The number of halogens is 1. The van der Waals surface area contributed by atoms with Gasteiger partial charge in [0.15, 0.2) is 4.67 Å². The van der Waals surface area contributed by atoms with Gasteiger partial charge in [0.05, 0.1) is 6.04 Å². The van der Waals surface area contributed by atoms with E-state index in [1.165, 1.54) is 12.8 Å². The molecule has 0 bridgehead atoms. The molecular formula is C13H20BrNO. The van der Waals surface area contributed by atoms with Crippen LogP contribution in [0.25, 0.3) is 0 Å². The zero-order valence-corrected chi connectivity index (χ0v) is 11.8. The van der Waals surface area contributed by atoms with Crippen LogP contribution < -0.4 is 5.32 Å². The Labute approximate surface area is 106 Å². The van der Waals surface area contributed by atoms with Crippen LogP contribution in [0.15, 0.2) is 21.2 Å². The lowest BCUT2D eigenvalue weighted by molar-refractivity contribution is 0.322. The van der Waals surface area contributed by atoms with Gasteiger partial charge in [-0.25, -0.2) is 0 Å². The van der Waals surface area contributed by atoms with Gasteiger partial charge in [0.1, 0.15) is 5.76 Å². The van der Waals surface area contributed by atoms with Gasteiger partial charge in [-0.2, -0.15) is 0 Å². The van der Waals surface area contributed by atoms with Crippen molar-refractivity contribution >= 4 is 15.9 Å². The summed E-state index contributed by atoms with van der Waals surface area (Å²) in [6, 6.07) is 4.91. The zero-order valence-electron chi connectivity index (χ0n) is 10.2. The summed E-state index contributed by atoms with van der Waals surface area (Å²) in [6.45, 7) is 6.86. The zero-order chi connectivity index (χ0) is 11.7. The third kappa shape index (κ3) is 2.51. The molecular weight excluding hydrogens is 266 g/mol. The summed E-state index contributed by atoms with van der Waals surface area (Å²) in [6.07, 6.45) is 2.63. The van der Waals surface area contributed by atoms with Gasteiger partial charge in [-0.1, -0.05) is 13.8 Å². The maximum atomic E-state index is 5.57. The van der Waals surface area contributed by atoms with Crippen LogP contribution >= 0.6 is 15.9 Å². The van der Waals surface area contributed by atoms with E-state index in [0.717, 1.165) is 22.3 Å². The predicted octanol–water partition coefficient (Wildman–Crippen LogP) is 4.13. The fourth-order valence-corrected chi connectivity index (χ4v) is 2.88. The van der Waals surface area contributed by atoms with Crippen molar-refractivity contribution in [2.24, 2.45) is 11.8 Å². The van der Waals surface area contributed by atoms with Crippen LogP contribution in [0.4, 0.5) is 0 Å². The van der Waals surface area contributed by atoms with Gasteiger partial charge in [-0.15, -0.1) is 0 Å². The summed E-state index contributed by atoms with van der Waals surface area (Å²) in [5, 5.41) is 3.67. The van der Waals surface area contributed by atoms with Crippen molar-refractivity contribution in [3.05, 3.63) is 22.6 Å². The molecule has 1 saturated carbocycles. The minimum absolute atomic E-state index is 0.295. The van der Waals surface area contributed by atoms with E-state index in [9.17, 15) is 0 Å². The minimum atomic E-state index is 0.295. The third-order valence-electron chi connectivity index (χ3n) is 3.95. The van der Waals surface area contributed by atoms with E-state index in [2.05, 4.69) is 42.0 Å². The smallest absolute Gasteiger partial charge is 0.169 e. The van der Waals surface area contributed by atoms with E-state index in [1.54, 1.807) is 0 Å². The molecule has 1 aromatic rings. The molecule has 1 aliphatic rings. The highest BCUT2D eigenvalue weighted by atomic mass is 79.9. The second-order valence-corrected chi connectivity index (χ2v) is 5.83. The van der Waals surface area contributed by atoms with E-state index in [4.69, 9.17) is 4.42 Å². The molecule has 16 heavy (non-hydrogen) atoms. The second kappa shape index (κ2) is 4.92. The maximum Gasteiger partial charge on any atom is 0.169 e. The Morgan fingerprint density at radius 2 is 2.12 bits per heavy atom. The number of furan rings is 1. The number of hydrogen-bond acceptors (Lipinski definition) is 2. The summed E-state index contributed by atoms with van der Waals surface area (Å²) in [5.41, 5.74) is 0. The van der Waals surface area contributed by atoms with Gasteiger partial charge >= 0.3 is 0 Å². The highest BCUT2D eigenvalue weighted by Gasteiger charge is 2.30. The highest BCUT2D eigenvalue weighted by Crippen LogP contribution is 2.33. The molecule has 2 rings (SSSR count). The molecule has 0 amide bonds. The van der Waals surface area contributed by atoms with Crippen molar-refractivity contribution in [1.29, 1.82) is 0 Å². The quantitative estimate of drug-likeness (QED) is 0.904. The van der Waals surface area contributed by atoms with Crippen LogP contribution in [0.1, 0.15) is 45.4 Å². The lowest BCUT2D eigenvalue weighted by atomic mass is 9.97. The Kier molecular flexibility index (Phi) is 3.75. The average molecular weight is 286 g/mol. The molecule has 1 fully saturated rings. The lowest BCUT2D eigenvalue weighted by Crippen LogP contribution is -2.34. The molecule has 0 radical (unpaired) electrons. The minimum Gasteiger partial charge on any atom is -0.453 e. The molecule has 4 atom stereocenters. The molecule has 3 heteroatoms. The molecule has 90 valence electrons. The molecule has 1 N–H and O–H groups in total. The van der Waals surface area contributed by atoms with Gasteiger partial charge in [0.25, 0.3) is 0 Å². The largest absolute Gasteiger partial charge is 0.453 e. The first-order valence-corrected chi connectivity index (χ1v) is 6.88. The molecule has 0 spiro atoms. The van der Waals surface area contributed by atoms with Crippen molar-refractivity contribution in [3.8, 4) is 0 Å². The van der Waals surface area contributed by atoms with Gasteiger partial charge in [0, 0.05) is 6.04 Å². The van der Waals surface area contributed by atoms with Crippen molar-refractivity contribution in [2.75, 3.05) is 0 Å². The van der Waals surface area contributed by atoms with E-state index < -0.39 is 0 Å². The van der Waals surface area contributed by atoms with Crippen LogP contribution in [0.2, 0.25) is 0 Å². The van der Waals surface area contributed by atoms with Crippen molar-refractivity contribution in [2.45, 2.75) is 45.7 Å². The van der Waals surface area contributed by atoms with Gasteiger partial charge in [-0.05, 0) is 59.7 Å². The van der Waals surface area contributed by atoms with Crippen molar-refractivity contribution in [1.82, 2.24) is 5.32 Å². The summed E-state index contributed by atoms with van der Waals surface area (Å²) >= 11 is 3.34. The molecule has 1 heterocycles. The van der Waals surface area contributed by atoms with Crippen LogP contribution in [0.5, 0.6) is 0 Å². The van der Waals surface area contributed by atoms with Crippen LogP contribution in [0, 0.1) is 11.8 Å². The predicted molar refractivity (Wildman–Crippen MR) is 69.3 cm³/mol. The molecule has 1 aromatic heterocycles. The fraction of sp³-hybridized carbons (Fsp3) is 0.692. The first kappa shape index (κ1) is 12.2. The SMILES string of the molecule is CC(NC1CCC(C)C1C)c1ccc(Br)o1. The first-order chi connectivity index (χ1) is 7.58. The molecule has 0 saturated heterocycles. The Balaban J connectivity index is 1.95. The number of hydrogen-bond donors (Lipinski definition) is 1. The topological polar surface area (TPSA) is 25.2 Å². The van der Waals surface area contributed by atoms with Crippen LogP contribution in [-0.2, 0) is 0 Å². The van der Waals surface area contributed by atoms with E-state index in [-0.39, 0.29) is 0 Å². The summed E-state index contributed by atoms with van der Waals surface area (Å²) in [7, 11) is 0. The molecule has 4 unspecified atom stereocenters. The normalized spacial score (nSPS) is 31.9. The van der Waals surface area contributed by atoms with E-state index in [0.29, 0.717) is 12.1 Å². The Morgan fingerprint density at radius 1 is 1.38 bits per heavy atom. The summed E-state index contributed by atoms with van der Waals surface area (Å²) < 4.78 is 6.38. The Morgan fingerprint density at radius 3 is 2.62 bits per heavy atom. The number of rotatable bonds is 3. The molecule has 0 aromatic carbocycles. The Hall–Kier alpha value is -0.280. The first-order valence-electron chi connectivity index (χ1n) is 6.09. The van der Waals surface area contributed by atoms with Gasteiger partial charge in [-0.3, -0.25) is 0 Å². The standard InChI is InChI=1S/C13H20BrNO/c1-8-4-5-11(9(8)2)15-10(3)12-6-7-13(14)16-12/h6-11,15H,4-5H2,1-3H3. The fourth-order valence-electron chi connectivity index (χ4n) is 2.56. The van der Waals surface area contributed by atoms with Crippen LogP contribution in [0.3, 0.4) is 0 Å². The summed E-state index contributed by atoms with van der Waals surface area (Å²) in [5.74, 6) is 2.62. The maximum absolute atomic E-state index is 5.57. The molecule has 1 aliphatic carbocycles. The molecule has 0 aliphatic heterocycles.